The van der Waals surface area contributed by atoms with Crippen LogP contribution in [0.1, 0.15) is 26.3 Å². The first kappa shape index (κ1) is 22.0. The molecule has 0 atom stereocenters. The van der Waals surface area contributed by atoms with E-state index in [1.54, 1.807) is 49.5 Å². The van der Waals surface area contributed by atoms with Crippen molar-refractivity contribution in [3.8, 4) is 5.75 Å². The van der Waals surface area contributed by atoms with Gasteiger partial charge in [-0.05, 0) is 60.2 Å². The molecule has 2 amide bonds. The average molecular weight is 434 g/mol. The van der Waals surface area contributed by atoms with Crippen molar-refractivity contribution in [1.82, 2.24) is 10.6 Å². The molecule has 0 fully saturated rings. The summed E-state index contributed by atoms with van der Waals surface area (Å²) in [4.78, 5) is 24.1. The number of carbonyl (C=O) groups excluding carboxylic acids is 2. The van der Waals surface area contributed by atoms with Crippen molar-refractivity contribution in [2.75, 3.05) is 19.0 Å². The fourth-order valence-corrected chi connectivity index (χ4v) is 3.06. The maximum absolute atomic E-state index is 12.5. The lowest BCUT2D eigenvalue weighted by molar-refractivity contribution is 0.0959. The molecule has 0 bridgehead atoms. The van der Waals surface area contributed by atoms with Crippen LogP contribution in [0, 0.1) is 0 Å². The average Bonchev–Trinajstić information content (AvgIpc) is 2.80. The minimum Gasteiger partial charge on any atom is -0.493 e. The third kappa shape index (κ3) is 6.65. The number of anilines is 1. The molecule has 0 aliphatic carbocycles. The second-order valence-electron chi connectivity index (χ2n) is 6.68. The number of benzene rings is 3. The summed E-state index contributed by atoms with van der Waals surface area (Å²) in [5.74, 6) is 0.105. The van der Waals surface area contributed by atoms with Crippen LogP contribution in [0.3, 0.4) is 0 Å². The number of amides is 2. The second kappa shape index (κ2) is 10.9. The minimum atomic E-state index is -0.340. The van der Waals surface area contributed by atoms with Crippen molar-refractivity contribution >= 4 is 34.8 Å². The lowest BCUT2D eigenvalue weighted by atomic mass is 10.2. The van der Waals surface area contributed by atoms with Gasteiger partial charge in [0.2, 0.25) is 0 Å². The normalized spacial score (nSPS) is 10.1. The highest BCUT2D eigenvalue weighted by Gasteiger charge is 2.10. The number of carbonyl (C=O) groups is 2. The second-order valence-corrected chi connectivity index (χ2v) is 7.08. The number of hydrogen-bond donors (Lipinski definition) is 3. The number of nitrogens with one attached hydrogen (secondary N) is 3. The summed E-state index contributed by atoms with van der Waals surface area (Å²) < 4.78 is 5.78. The first-order valence-corrected chi connectivity index (χ1v) is 10.2. The quantitative estimate of drug-likeness (QED) is 0.494. The molecule has 0 saturated carbocycles. The van der Waals surface area contributed by atoms with E-state index in [1.807, 2.05) is 36.4 Å². The monoisotopic (exact) mass is 433 g/mol. The van der Waals surface area contributed by atoms with Crippen molar-refractivity contribution in [2.45, 2.75) is 6.42 Å². The maximum atomic E-state index is 12.5. The number of rotatable bonds is 7. The zero-order valence-corrected chi connectivity index (χ0v) is 17.9. The zero-order valence-electron chi connectivity index (χ0n) is 17.1. The van der Waals surface area contributed by atoms with E-state index in [4.69, 9.17) is 17.0 Å². The predicted octanol–water partition coefficient (Wildman–Crippen LogP) is 3.79. The Kier molecular flexibility index (Phi) is 7.73. The Balaban J connectivity index is 1.52. The van der Waals surface area contributed by atoms with Gasteiger partial charge in [-0.15, -0.1) is 0 Å². The van der Waals surface area contributed by atoms with E-state index >= 15 is 0 Å². The van der Waals surface area contributed by atoms with Crippen LogP contribution in [-0.4, -0.2) is 30.6 Å². The van der Waals surface area contributed by atoms with Gasteiger partial charge in [-0.3, -0.25) is 14.9 Å². The molecule has 158 valence electrons. The van der Waals surface area contributed by atoms with Gasteiger partial charge in [0, 0.05) is 30.3 Å². The lowest BCUT2D eigenvalue weighted by Crippen LogP contribution is -2.34. The van der Waals surface area contributed by atoms with Crippen LogP contribution in [0.4, 0.5) is 5.69 Å². The van der Waals surface area contributed by atoms with Crippen LogP contribution in [-0.2, 0) is 6.42 Å². The van der Waals surface area contributed by atoms with Gasteiger partial charge >= 0.3 is 0 Å². The fraction of sp³-hybridized carbons (Fsp3) is 0.125. The molecule has 0 radical (unpaired) electrons. The summed E-state index contributed by atoms with van der Waals surface area (Å²) in [6.45, 7) is 0.515. The number of hydrogen-bond acceptors (Lipinski definition) is 4. The molecule has 0 unspecified atom stereocenters. The van der Waals surface area contributed by atoms with Crippen LogP contribution in [0.15, 0.2) is 78.9 Å². The summed E-state index contributed by atoms with van der Waals surface area (Å²) in [5, 5.41) is 8.30. The standard InChI is InChI=1S/C24H23N3O3S/c1-25-22(28)18-10-12-20(13-11-18)26-24(31)27-23(29)19-8-5-9-21(16-19)30-15-14-17-6-3-2-4-7-17/h2-13,16H,14-15H2,1H3,(H,25,28)(H2,26,27,29,31). The molecule has 0 aliphatic rings. The van der Waals surface area contributed by atoms with Crippen molar-refractivity contribution in [1.29, 1.82) is 0 Å². The summed E-state index contributed by atoms with van der Waals surface area (Å²) in [6.07, 6.45) is 0.782. The summed E-state index contributed by atoms with van der Waals surface area (Å²) in [6, 6.07) is 23.8. The summed E-state index contributed by atoms with van der Waals surface area (Å²) in [5.41, 5.74) is 2.83. The van der Waals surface area contributed by atoms with Crippen molar-refractivity contribution in [3.05, 3.63) is 95.6 Å². The molecule has 0 spiro atoms. The largest absolute Gasteiger partial charge is 0.493 e. The first-order chi connectivity index (χ1) is 15.0. The summed E-state index contributed by atoms with van der Waals surface area (Å²) in [7, 11) is 1.57. The Bertz CT molecular complexity index is 1050. The Morgan fingerprint density at radius 2 is 1.61 bits per heavy atom. The molecular formula is C24H23N3O3S. The molecule has 3 N–H and O–H groups in total. The Labute approximate surface area is 186 Å². The van der Waals surface area contributed by atoms with Crippen molar-refractivity contribution < 1.29 is 14.3 Å². The molecule has 6 nitrogen and oxygen atoms in total. The molecule has 0 aromatic heterocycles. The smallest absolute Gasteiger partial charge is 0.257 e. The lowest BCUT2D eigenvalue weighted by Gasteiger charge is -2.11. The van der Waals surface area contributed by atoms with E-state index in [0.717, 1.165) is 6.42 Å². The summed E-state index contributed by atoms with van der Waals surface area (Å²) >= 11 is 5.22. The van der Waals surface area contributed by atoms with Gasteiger partial charge in [0.05, 0.1) is 6.61 Å². The van der Waals surface area contributed by atoms with E-state index in [0.29, 0.717) is 29.2 Å². The highest BCUT2D eigenvalue weighted by molar-refractivity contribution is 7.80. The van der Waals surface area contributed by atoms with E-state index < -0.39 is 0 Å². The minimum absolute atomic E-state index is 0.160. The van der Waals surface area contributed by atoms with E-state index in [9.17, 15) is 9.59 Å². The van der Waals surface area contributed by atoms with Crippen LogP contribution >= 0.6 is 12.2 Å². The fourth-order valence-electron chi connectivity index (χ4n) is 2.85. The van der Waals surface area contributed by atoms with Crippen LogP contribution in [0.5, 0.6) is 5.75 Å². The number of ether oxygens (including phenoxy) is 1. The molecule has 3 rings (SSSR count). The van der Waals surface area contributed by atoms with Crippen molar-refractivity contribution in [2.24, 2.45) is 0 Å². The van der Waals surface area contributed by atoms with Crippen LogP contribution < -0.4 is 20.7 Å². The van der Waals surface area contributed by atoms with Gasteiger partial charge in [-0.2, -0.15) is 0 Å². The molecule has 3 aromatic rings. The molecule has 0 heterocycles. The van der Waals surface area contributed by atoms with Gasteiger partial charge in [0.1, 0.15) is 5.75 Å². The topological polar surface area (TPSA) is 79.5 Å². The van der Waals surface area contributed by atoms with Crippen molar-refractivity contribution in [3.63, 3.8) is 0 Å². The SMILES string of the molecule is CNC(=O)c1ccc(NC(=S)NC(=O)c2cccc(OCCc3ccccc3)c2)cc1. The Morgan fingerprint density at radius 3 is 2.32 bits per heavy atom. The van der Waals surface area contributed by atoms with Crippen LogP contribution in [0.2, 0.25) is 0 Å². The predicted molar refractivity (Wildman–Crippen MR) is 126 cm³/mol. The zero-order chi connectivity index (χ0) is 22.1. The van der Waals surface area contributed by atoms with Gasteiger partial charge in [0.15, 0.2) is 5.11 Å². The molecule has 31 heavy (non-hydrogen) atoms. The van der Waals surface area contributed by atoms with E-state index in [2.05, 4.69) is 16.0 Å². The molecule has 3 aromatic carbocycles. The third-order valence-electron chi connectivity index (χ3n) is 4.46. The molecule has 7 heteroatoms. The third-order valence-corrected chi connectivity index (χ3v) is 4.66. The first-order valence-electron chi connectivity index (χ1n) is 9.76. The molecule has 0 saturated heterocycles. The Hall–Kier alpha value is -3.71. The maximum Gasteiger partial charge on any atom is 0.257 e. The van der Waals surface area contributed by atoms with Gasteiger partial charge in [-0.1, -0.05) is 36.4 Å². The molecular weight excluding hydrogens is 410 g/mol. The number of thiocarbonyl (C=S) groups is 1. The Morgan fingerprint density at radius 1 is 0.871 bits per heavy atom. The van der Waals surface area contributed by atoms with E-state index in [1.165, 1.54) is 5.56 Å². The highest BCUT2D eigenvalue weighted by Crippen LogP contribution is 2.14. The van der Waals surface area contributed by atoms with Gasteiger partial charge in [-0.25, -0.2) is 0 Å². The van der Waals surface area contributed by atoms with E-state index in [-0.39, 0.29) is 16.9 Å². The van der Waals surface area contributed by atoms with Crippen LogP contribution in [0.25, 0.3) is 0 Å². The van der Waals surface area contributed by atoms with Gasteiger partial charge in [0.25, 0.3) is 11.8 Å². The van der Waals surface area contributed by atoms with Gasteiger partial charge < -0.3 is 15.4 Å². The highest BCUT2D eigenvalue weighted by atomic mass is 32.1. The molecule has 0 aliphatic heterocycles.